The molecule has 0 saturated carbocycles. The molecule has 0 unspecified atom stereocenters. The van der Waals surface area contributed by atoms with Crippen molar-refractivity contribution in [2.24, 2.45) is 0 Å². The van der Waals surface area contributed by atoms with Crippen molar-refractivity contribution in [3.63, 3.8) is 0 Å². The van der Waals surface area contributed by atoms with E-state index in [1.165, 1.54) is 16.4 Å². The van der Waals surface area contributed by atoms with E-state index in [9.17, 15) is 23.3 Å². The van der Waals surface area contributed by atoms with Gasteiger partial charge >= 0.3 is 0 Å². The van der Waals surface area contributed by atoms with Crippen LogP contribution in [-0.4, -0.2) is 69.1 Å². The van der Waals surface area contributed by atoms with Crippen LogP contribution in [0.15, 0.2) is 42.5 Å². The lowest BCUT2D eigenvalue weighted by atomic mass is 10.2. The van der Waals surface area contributed by atoms with Gasteiger partial charge in [0.2, 0.25) is 10.0 Å². The summed E-state index contributed by atoms with van der Waals surface area (Å²) in [6.07, 6.45) is 0. The van der Waals surface area contributed by atoms with Gasteiger partial charge in [0.1, 0.15) is 10.8 Å². The molecule has 0 spiro atoms. The highest BCUT2D eigenvalue weighted by molar-refractivity contribution is 7.89. The molecule has 1 N–H and O–H groups in total. The molecule has 1 amide bonds. The smallest absolute Gasteiger partial charge is 0.288 e. The first-order valence-electron chi connectivity index (χ1n) is 9.80. The number of benzene rings is 2. The van der Waals surface area contributed by atoms with Crippen molar-refractivity contribution in [2.75, 3.05) is 50.5 Å². The second-order valence-electron chi connectivity index (χ2n) is 7.08. The SMILES string of the molecule is COc1ccc(N2CCN(S(=O)(=O)CCNC(=O)c3ccc(Cl)c([N+](=O)[O-])c3)CC2)cc1. The van der Waals surface area contributed by atoms with Gasteiger partial charge in [0.15, 0.2) is 0 Å². The van der Waals surface area contributed by atoms with E-state index >= 15 is 0 Å². The highest BCUT2D eigenvalue weighted by Gasteiger charge is 2.27. The Morgan fingerprint density at radius 2 is 1.81 bits per heavy atom. The Bertz CT molecular complexity index is 1090. The molecule has 1 fully saturated rings. The fourth-order valence-corrected chi connectivity index (χ4v) is 4.86. The number of hydrogen-bond acceptors (Lipinski definition) is 7. The van der Waals surface area contributed by atoms with E-state index in [2.05, 4.69) is 10.2 Å². The van der Waals surface area contributed by atoms with Crippen molar-refractivity contribution in [3.8, 4) is 5.75 Å². The summed E-state index contributed by atoms with van der Waals surface area (Å²) >= 11 is 5.74. The van der Waals surface area contributed by atoms with Crippen LogP contribution >= 0.6 is 11.6 Å². The number of methoxy groups -OCH3 is 1. The average molecular weight is 483 g/mol. The van der Waals surface area contributed by atoms with Crippen LogP contribution in [0, 0.1) is 10.1 Å². The Hall–Kier alpha value is -2.89. The van der Waals surface area contributed by atoms with E-state index in [0.717, 1.165) is 17.5 Å². The lowest BCUT2D eigenvalue weighted by Crippen LogP contribution is -2.50. The van der Waals surface area contributed by atoms with Crippen molar-refractivity contribution in [3.05, 3.63) is 63.2 Å². The third kappa shape index (κ3) is 5.67. The molecule has 3 rings (SSSR count). The van der Waals surface area contributed by atoms with Crippen molar-refractivity contribution in [1.82, 2.24) is 9.62 Å². The summed E-state index contributed by atoms with van der Waals surface area (Å²) in [5, 5.41) is 13.4. The fourth-order valence-electron chi connectivity index (χ4n) is 3.34. The standard InChI is InChI=1S/C20H23ClN4O6S/c1-31-17-5-3-16(4-6-17)23-9-11-24(12-10-23)32(29,30)13-8-22-20(26)15-2-7-18(21)19(14-15)25(27)28/h2-7,14H,8-13H2,1H3,(H,22,26). The second kappa shape index (κ2) is 10.2. The van der Waals surface area contributed by atoms with Crippen LogP contribution in [0.25, 0.3) is 0 Å². The van der Waals surface area contributed by atoms with Crippen molar-refractivity contribution < 1.29 is 22.9 Å². The topological polar surface area (TPSA) is 122 Å². The average Bonchev–Trinajstić information content (AvgIpc) is 2.79. The van der Waals surface area contributed by atoms with Gasteiger partial charge in [-0.15, -0.1) is 0 Å². The number of nitrogens with zero attached hydrogens (tertiary/aromatic N) is 3. The number of sulfonamides is 1. The molecule has 0 radical (unpaired) electrons. The molecule has 2 aromatic carbocycles. The number of halogens is 1. The van der Waals surface area contributed by atoms with E-state index < -0.39 is 20.9 Å². The van der Waals surface area contributed by atoms with Crippen molar-refractivity contribution in [1.29, 1.82) is 0 Å². The number of carbonyl (C=O) groups is 1. The number of nitro groups is 1. The van der Waals surface area contributed by atoms with Gasteiger partial charge in [-0.3, -0.25) is 14.9 Å². The normalized spacial score (nSPS) is 14.8. The number of rotatable bonds is 8. The van der Waals surface area contributed by atoms with Crippen molar-refractivity contribution >= 4 is 38.9 Å². The summed E-state index contributed by atoms with van der Waals surface area (Å²) < 4.78 is 31.9. The number of ether oxygens (including phenoxy) is 1. The third-order valence-corrected chi connectivity index (χ3v) is 7.31. The van der Waals surface area contributed by atoms with E-state index in [4.69, 9.17) is 16.3 Å². The molecule has 32 heavy (non-hydrogen) atoms. The monoisotopic (exact) mass is 482 g/mol. The largest absolute Gasteiger partial charge is 0.497 e. The molecular weight excluding hydrogens is 460 g/mol. The van der Waals surface area contributed by atoms with Gasteiger partial charge in [-0.05, 0) is 36.4 Å². The van der Waals surface area contributed by atoms with Crippen LogP contribution in [0.5, 0.6) is 5.75 Å². The van der Waals surface area contributed by atoms with Gasteiger partial charge in [-0.1, -0.05) is 11.6 Å². The van der Waals surface area contributed by atoms with Crippen LogP contribution in [0.2, 0.25) is 5.02 Å². The maximum absolute atomic E-state index is 12.7. The van der Waals surface area contributed by atoms with Gasteiger partial charge in [0.25, 0.3) is 11.6 Å². The summed E-state index contributed by atoms with van der Waals surface area (Å²) in [4.78, 5) is 24.6. The van der Waals surface area contributed by atoms with Gasteiger partial charge in [-0.25, -0.2) is 8.42 Å². The number of nitrogens with one attached hydrogen (secondary N) is 1. The van der Waals surface area contributed by atoms with Gasteiger partial charge < -0.3 is 15.0 Å². The molecule has 10 nitrogen and oxygen atoms in total. The molecule has 0 aliphatic carbocycles. The lowest BCUT2D eigenvalue weighted by molar-refractivity contribution is -0.384. The molecule has 172 valence electrons. The summed E-state index contributed by atoms with van der Waals surface area (Å²) in [6, 6.07) is 11.2. The van der Waals surface area contributed by atoms with Gasteiger partial charge in [0.05, 0.1) is 17.8 Å². The van der Waals surface area contributed by atoms with E-state index in [-0.39, 0.29) is 28.6 Å². The van der Waals surface area contributed by atoms with E-state index in [0.29, 0.717) is 26.2 Å². The van der Waals surface area contributed by atoms with Crippen LogP contribution in [0.3, 0.4) is 0 Å². The number of carbonyl (C=O) groups excluding carboxylic acids is 1. The Morgan fingerprint density at radius 1 is 1.16 bits per heavy atom. The summed E-state index contributed by atoms with van der Waals surface area (Å²) in [6.45, 7) is 1.66. The maximum Gasteiger partial charge on any atom is 0.288 e. The van der Waals surface area contributed by atoms with E-state index in [1.807, 2.05) is 24.3 Å². The van der Waals surface area contributed by atoms with Crippen LogP contribution in [-0.2, 0) is 10.0 Å². The van der Waals surface area contributed by atoms with E-state index in [1.54, 1.807) is 7.11 Å². The molecule has 1 saturated heterocycles. The number of amides is 1. The van der Waals surface area contributed by atoms with Crippen LogP contribution < -0.4 is 15.0 Å². The molecule has 0 bridgehead atoms. The molecule has 0 aromatic heterocycles. The quantitative estimate of drug-likeness (QED) is 0.451. The Kier molecular flexibility index (Phi) is 7.54. The Morgan fingerprint density at radius 3 is 2.41 bits per heavy atom. The molecule has 2 aromatic rings. The highest BCUT2D eigenvalue weighted by Crippen LogP contribution is 2.25. The molecule has 12 heteroatoms. The predicted molar refractivity (Wildman–Crippen MR) is 121 cm³/mol. The zero-order chi connectivity index (χ0) is 23.3. The maximum atomic E-state index is 12.7. The molecule has 0 atom stereocenters. The first-order chi connectivity index (χ1) is 15.2. The fraction of sp³-hybridized carbons (Fsp3) is 0.350. The lowest BCUT2D eigenvalue weighted by Gasteiger charge is -2.35. The summed E-state index contributed by atoms with van der Waals surface area (Å²) in [5.41, 5.74) is 0.639. The molecular formula is C20H23ClN4O6S. The number of anilines is 1. The first-order valence-corrected chi connectivity index (χ1v) is 11.8. The minimum atomic E-state index is -3.56. The van der Waals surface area contributed by atoms with Gasteiger partial charge in [0, 0.05) is 50.0 Å². The van der Waals surface area contributed by atoms with Crippen molar-refractivity contribution in [2.45, 2.75) is 0 Å². The Labute approximate surface area is 190 Å². The minimum Gasteiger partial charge on any atom is -0.497 e. The van der Waals surface area contributed by atoms with Gasteiger partial charge in [-0.2, -0.15) is 4.31 Å². The summed E-state index contributed by atoms with van der Waals surface area (Å²) in [5.74, 6) is -0.119. The zero-order valence-electron chi connectivity index (χ0n) is 17.4. The van der Waals surface area contributed by atoms with Crippen LogP contribution in [0.1, 0.15) is 10.4 Å². The van der Waals surface area contributed by atoms with Crippen LogP contribution in [0.4, 0.5) is 11.4 Å². The molecule has 1 aliphatic rings. The molecule has 1 heterocycles. The number of nitro benzene ring substituents is 1. The zero-order valence-corrected chi connectivity index (χ0v) is 18.9. The first kappa shape index (κ1) is 23.8. The number of piperazine rings is 1. The predicted octanol–water partition coefficient (Wildman–Crippen LogP) is 2.14. The number of hydrogen-bond donors (Lipinski definition) is 1. The minimum absolute atomic E-state index is 0.0339. The third-order valence-electron chi connectivity index (χ3n) is 5.12. The summed E-state index contributed by atoms with van der Waals surface area (Å²) in [7, 11) is -1.97. The highest BCUT2D eigenvalue weighted by atomic mass is 35.5. The Balaban J connectivity index is 1.51. The second-order valence-corrected chi connectivity index (χ2v) is 9.58. The molecule has 1 aliphatic heterocycles.